The van der Waals surface area contributed by atoms with Gasteiger partial charge in [0.2, 0.25) is 11.8 Å². The Morgan fingerprint density at radius 3 is 2.79 bits per heavy atom. The molecule has 1 N–H and O–H groups in total. The predicted octanol–water partition coefficient (Wildman–Crippen LogP) is 3.42. The van der Waals surface area contributed by atoms with Crippen LogP contribution in [-0.2, 0) is 15.0 Å². The average molecular weight is 446 g/mol. The normalized spacial score (nSPS) is 27.8. The van der Waals surface area contributed by atoms with Gasteiger partial charge in [0, 0.05) is 25.3 Å². The molecule has 6 rings (SSSR count). The van der Waals surface area contributed by atoms with Gasteiger partial charge in [-0.15, -0.1) is 0 Å². The van der Waals surface area contributed by atoms with Crippen LogP contribution in [0.2, 0.25) is 0 Å². The summed E-state index contributed by atoms with van der Waals surface area (Å²) in [5.41, 5.74) is 2.40. The first-order valence-corrected chi connectivity index (χ1v) is 12.3. The maximum absolute atomic E-state index is 14.3. The zero-order valence-electron chi connectivity index (χ0n) is 19.0. The molecule has 2 aromatic rings. The monoisotopic (exact) mass is 445 g/mol. The van der Waals surface area contributed by atoms with E-state index in [4.69, 9.17) is 4.74 Å². The Labute approximate surface area is 194 Å². The number of benzene rings is 2. The second-order valence-corrected chi connectivity index (χ2v) is 9.95. The molecule has 6 heteroatoms. The highest BCUT2D eigenvalue weighted by Gasteiger charge is 2.60. The van der Waals surface area contributed by atoms with Gasteiger partial charge in [-0.25, -0.2) is 0 Å². The number of ether oxygens (including phenoxy) is 1. The summed E-state index contributed by atoms with van der Waals surface area (Å²) < 4.78 is 6.03. The molecule has 2 atom stereocenters. The topological polar surface area (TPSA) is 61.9 Å². The SMILES string of the molecule is O=C1CN2C(=O)[C@]3(CCN(CC4CCC4)[C@H]3c3cccc(c3)OCCCN1)c1ccccc12. The van der Waals surface area contributed by atoms with Gasteiger partial charge in [-0.05, 0) is 60.9 Å². The van der Waals surface area contributed by atoms with Gasteiger partial charge in [0.25, 0.3) is 0 Å². The lowest BCUT2D eigenvalue weighted by Gasteiger charge is -2.38. The largest absolute Gasteiger partial charge is 0.494 e. The quantitative estimate of drug-likeness (QED) is 0.770. The van der Waals surface area contributed by atoms with Gasteiger partial charge in [0.05, 0.1) is 18.1 Å². The predicted molar refractivity (Wildman–Crippen MR) is 126 cm³/mol. The number of anilines is 1. The highest BCUT2D eigenvalue weighted by Crippen LogP contribution is 2.57. The molecule has 2 fully saturated rings. The molecule has 0 unspecified atom stereocenters. The number of nitrogens with zero attached hydrogens (tertiary/aromatic N) is 2. The van der Waals surface area contributed by atoms with E-state index >= 15 is 0 Å². The van der Waals surface area contributed by atoms with Gasteiger partial charge in [-0.1, -0.05) is 36.8 Å². The Morgan fingerprint density at radius 2 is 1.94 bits per heavy atom. The summed E-state index contributed by atoms with van der Waals surface area (Å²) in [6.45, 7) is 3.05. The molecular weight excluding hydrogens is 414 g/mol. The number of para-hydroxylation sites is 1. The first-order chi connectivity index (χ1) is 16.2. The molecule has 2 aromatic carbocycles. The van der Waals surface area contributed by atoms with Crippen LogP contribution in [0.1, 0.15) is 49.3 Å². The van der Waals surface area contributed by atoms with Crippen molar-refractivity contribution >= 4 is 17.5 Å². The maximum Gasteiger partial charge on any atom is 0.240 e. The van der Waals surface area contributed by atoms with E-state index in [-0.39, 0.29) is 24.4 Å². The lowest BCUT2D eigenvalue weighted by molar-refractivity contribution is -0.127. The third-order valence-corrected chi connectivity index (χ3v) is 8.03. The molecule has 1 aliphatic carbocycles. The lowest BCUT2D eigenvalue weighted by Crippen LogP contribution is -2.48. The zero-order chi connectivity index (χ0) is 22.4. The van der Waals surface area contributed by atoms with Crippen LogP contribution in [0.3, 0.4) is 0 Å². The van der Waals surface area contributed by atoms with E-state index in [1.54, 1.807) is 4.90 Å². The molecule has 2 amide bonds. The minimum atomic E-state index is -0.677. The van der Waals surface area contributed by atoms with Gasteiger partial charge >= 0.3 is 0 Å². The van der Waals surface area contributed by atoms with Crippen LogP contribution in [0.5, 0.6) is 5.75 Å². The van der Waals surface area contributed by atoms with E-state index in [9.17, 15) is 9.59 Å². The molecule has 6 nitrogen and oxygen atoms in total. The van der Waals surface area contributed by atoms with Gasteiger partial charge in [-0.2, -0.15) is 0 Å². The molecule has 4 aliphatic rings. The second kappa shape index (κ2) is 8.17. The Balaban J connectivity index is 1.51. The van der Waals surface area contributed by atoms with Gasteiger partial charge in [-0.3, -0.25) is 14.5 Å². The van der Waals surface area contributed by atoms with Crippen molar-refractivity contribution in [2.45, 2.75) is 43.6 Å². The van der Waals surface area contributed by atoms with Crippen LogP contribution in [0, 0.1) is 5.92 Å². The average Bonchev–Trinajstić information content (AvgIpc) is 3.28. The van der Waals surface area contributed by atoms with Crippen LogP contribution in [0.15, 0.2) is 48.5 Å². The van der Waals surface area contributed by atoms with E-state index in [1.807, 2.05) is 24.3 Å². The number of hydrogen-bond acceptors (Lipinski definition) is 4. The number of rotatable bonds is 2. The molecular formula is C27H31N3O3. The summed E-state index contributed by atoms with van der Waals surface area (Å²) in [7, 11) is 0. The van der Waals surface area contributed by atoms with Crippen LogP contribution in [-0.4, -0.2) is 49.5 Å². The van der Waals surface area contributed by atoms with Crippen LogP contribution >= 0.6 is 0 Å². The second-order valence-electron chi connectivity index (χ2n) is 9.95. The van der Waals surface area contributed by atoms with E-state index in [0.29, 0.717) is 19.1 Å². The molecule has 1 spiro atoms. The van der Waals surface area contributed by atoms with Crippen molar-refractivity contribution < 1.29 is 14.3 Å². The van der Waals surface area contributed by atoms with Gasteiger partial charge < -0.3 is 15.0 Å². The van der Waals surface area contributed by atoms with E-state index in [0.717, 1.165) is 48.5 Å². The van der Waals surface area contributed by atoms with Crippen molar-refractivity contribution in [3.63, 3.8) is 0 Å². The fourth-order valence-corrected chi connectivity index (χ4v) is 6.27. The number of fused-ring (bicyclic) bond motifs is 6. The summed E-state index contributed by atoms with van der Waals surface area (Å²) in [6.07, 6.45) is 5.35. The molecule has 1 saturated heterocycles. The fourth-order valence-electron chi connectivity index (χ4n) is 6.27. The zero-order valence-corrected chi connectivity index (χ0v) is 19.0. The van der Waals surface area contributed by atoms with E-state index in [1.165, 1.54) is 19.3 Å². The molecule has 3 aliphatic heterocycles. The van der Waals surface area contributed by atoms with Crippen molar-refractivity contribution in [3.8, 4) is 5.75 Å². The highest BCUT2D eigenvalue weighted by molar-refractivity contribution is 6.11. The molecule has 0 aromatic heterocycles. The lowest BCUT2D eigenvalue weighted by atomic mass is 9.72. The summed E-state index contributed by atoms with van der Waals surface area (Å²) >= 11 is 0. The summed E-state index contributed by atoms with van der Waals surface area (Å²) in [5.74, 6) is 1.48. The summed E-state index contributed by atoms with van der Waals surface area (Å²) in [4.78, 5) is 31.3. The van der Waals surface area contributed by atoms with E-state index in [2.05, 4.69) is 34.5 Å². The Morgan fingerprint density at radius 1 is 1.06 bits per heavy atom. The Hall–Kier alpha value is -2.86. The molecule has 3 heterocycles. The van der Waals surface area contributed by atoms with Crippen molar-refractivity contribution in [2.24, 2.45) is 5.92 Å². The highest BCUT2D eigenvalue weighted by atomic mass is 16.5. The number of nitrogens with one attached hydrogen (secondary N) is 1. The minimum Gasteiger partial charge on any atom is -0.494 e. The van der Waals surface area contributed by atoms with Crippen LogP contribution < -0.4 is 15.0 Å². The van der Waals surface area contributed by atoms with Crippen molar-refractivity contribution in [1.29, 1.82) is 0 Å². The molecule has 4 bridgehead atoms. The molecule has 0 radical (unpaired) electrons. The van der Waals surface area contributed by atoms with Gasteiger partial charge in [0.15, 0.2) is 0 Å². The van der Waals surface area contributed by atoms with E-state index < -0.39 is 5.41 Å². The fraction of sp³-hybridized carbons (Fsp3) is 0.481. The summed E-state index contributed by atoms with van der Waals surface area (Å²) in [5, 5.41) is 2.96. The van der Waals surface area contributed by atoms with Crippen molar-refractivity contribution in [3.05, 3.63) is 59.7 Å². The third-order valence-electron chi connectivity index (χ3n) is 8.03. The molecule has 33 heavy (non-hydrogen) atoms. The van der Waals surface area contributed by atoms with Crippen molar-refractivity contribution in [1.82, 2.24) is 10.2 Å². The standard InChI is InChI=1S/C27H31N3O3/c31-24-18-30-23-11-2-1-10-22(23)27(26(30)32)12-14-29(17-19-6-3-7-19)25(27)20-8-4-9-21(16-20)33-15-5-13-28-24/h1-2,4,8-11,16,19,25H,3,5-7,12-15,17-18H2,(H,28,31)/t25-,27+/m0/s1. The molecule has 172 valence electrons. The number of likely N-dealkylation sites (tertiary alicyclic amines) is 1. The van der Waals surface area contributed by atoms with Crippen molar-refractivity contribution in [2.75, 3.05) is 37.7 Å². The maximum atomic E-state index is 14.3. The first kappa shape index (κ1) is 20.7. The Bertz CT molecular complexity index is 1080. The number of hydrogen-bond donors (Lipinski definition) is 1. The smallest absolute Gasteiger partial charge is 0.240 e. The molecule has 1 saturated carbocycles. The number of carbonyl (C=O) groups is 2. The van der Waals surface area contributed by atoms with Crippen LogP contribution in [0.4, 0.5) is 5.69 Å². The summed E-state index contributed by atoms with van der Waals surface area (Å²) in [6, 6.07) is 16.3. The minimum absolute atomic E-state index is 0.0586. The Kier molecular flexibility index (Phi) is 5.13. The van der Waals surface area contributed by atoms with Gasteiger partial charge in [0.1, 0.15) is 12.3 Å². The first-order valence-electron chi connectivity index (χ1n) is 12.3. The van der Waals surface area contributed by atoms with Crippen LogP contribution in [0.25, 0.3) is 0 Å². The third kappa shape index (κ3) is 3.34. The number of carbonyl (C=O) groups excluding carboxylic acids is 2. The number of amides is 2.